The van der Waals surface area contributed by atoms with Gasteiger partial charge in [0.2, 0.25) is 0 Å². The molecule has 0 fully saturated rings. The summed E-state index contributed by atoms with van der Waals surface area (Å²) in [5.74, 6) is 0.0931. The lowest BCUT2D eigenvalue weighted by Gasteiger charge is -2.08. The Labute approximate surface area is 74.2 Å². The van der Waals surface area contributed by atoms with Gasteiger partial charge in [0.25, 0.3) is 0 Å². The van der Waals surface area contributed by atoms with Gasteiger partial charge in [-0.25, -0.2) is 0 Å². The number of rotatable bonds is 1. The minimum Gasteiger partial charge on any atom is -0.295 e. The molecule has 1 aromatic carbocycles. The fourth-order valence-electron chi connectivity index (χ4n) is 1.22. The van der Waals surface area contributed by atoms with Crippen molar-refractivity contribution in [2.24, 2.45) is 0 Å². The molecular formula is C10H11BO. The van der Waals surface area contributed by atoms with E-state index >= 15 is 0 Å². The molecule has 0 amide bonds. The molecule has 0 saturated carbocycles. The van der Waals surface area contributed by atoms with Gasteiger partial charge in [-0.1, -0.05) is 23.2 Å². The summed E-state index contributed by atoms with van der Waals surface area (Å²) >= 11 is 0. The Kier molecular flexibility index (Phi) is 2.36. The minimum absolute atomic E-state index is 0.0931. The highest BCUT2D eigenvalue weighted by Crippen LogP contribution is 2.10. The van der Waals surface area contributed by atoms with Gasteiger partial charge in [-0.15, -0.1) is 0 Å². The van der Waals surface area contributed by atoms with Crippen LogP contribution in [0.1, 0.15) is 28.4 Å². The van der Waals surface area contributed by atoms with Crippen LogP contribution in [0.4, 0.5) is 0 Å². The average molecular weight is 158 g/mol. The highest BCUT2D eigenvalue weighted by molar-refractivity contribution is 6.33. The van der Waals surface area contributed by atoms with Gasteiger partial charge in [-0.3, -0.25) is 4.79 Å². The SMILES string of the molecule is [B]c1ccc(C(C)=O)c(C)c1C. The highest BCUT2D eigenvalue weighted by atomic mass is 16.1. The normalized spacial score (nSPS) is 9.92. The molecular weight excluding hydrogens is 147 g/mol. The van der Waals surface area contributed by atoms with E-state index < -0.39 is 0 Å². The maximum absolute atomic E-state index is 11.1. The topological polar surface area (TPSA) is 17.1 Å². The van der Waals surface area contributed by atoms with Crippen LogP contribution in [0.2, 0.25) is 0 Å². The molecule has 0 heterocycles. The maximum atomic E-state index is 11.1. The Balaban J connectivity index is 3.36. The lowest BCUT2D eigenvalue weighted by Crippen LogP contribution is -2.11. The molecule has 0 bridgehead atoms. The van der Waals surface area contributed by atoms with Crippen molar-refractivity contribution in [3.63, 3.8) is 0 Å². The number of benzene rings is 1. The molecule has 2 heteroatoms. The van der Waals surface area contributed by atoms with Crippen molar-refractivity contribution in [1.29, 1.82) is 0 Å². The highest BCUT2D eigenvalue weighted by Gasteiger charge is 2.06. The standard InChI is InChI=1S/C10H11BO/c1-6-7(2)10(11)5-4-9(6)8(3)12/h4-5H,1-3H3. The maximum Gasteiger partial charge on any atom is 0.160 e. The van der Waals surface area contributed by atoms with Gasteiger partial charge in [0.15, 0.2) is 5.78 Å². The van der Waals surface area contributed by atoms with Gasteiger partial charge in [0, 0.05) is 5.56 Å². The zero-order valence-corrected chi connectivity index (χ0v) is 7.64. The van der Waals surface area contributed by atoms with Crippen molar-refractivity contribution in [3.05, 3.63) is 28.8 Å². The van der Waals surface area contributed by atoms with Gasteiger partial charge in [0.1, 0.15) is 7.85 Å². The van der Waals surface area contributed by atoms with Crippen LogP contribution in [-0.2, 0) is 0 Å². The van der Waals surface area contributed by atoms with E-state index in [4.69, 9.17) is 7.85 Å². The molecule has 0 saturated heterocycles. The largest absolute Gasteiger partial charge is 0.295 e. The lowest BCUT2D eigenvalue weighted by atomic mass is 9.86. The third kappa shape index (κ3) is 1.42. The summed E-state index contributed by atoms with van der Waals surface area (Å²) < 4.78 is 0. The molecule has 0 spiro atoms. The summed E-state index contributed by atoms with van der Waals surface area (Å²) in [7, 11) is 5.68. The number of hydrogen-bond donors (Lipinski definition) is 0. The smallest absolute Gasteiger partial charge is 0.160 e. The molecule has 1 nitrogen and oxygen atoms in total. The fourth-order valence-corrected chi connectivity index (χ4v) is 1.22. The molecule has 60 valence electrons. The molecule has 2 radical (unpaired) electrons. The summed E-state index contributed by atoms with van der Waals surface area (Å²) in [5, 5.41) is 0. The van der Waals surface area contributed by atoms with Gasteiger partial charge >= 0.3 is 0 Å². The van der Waals surface area contributed by atoms with Crippen LogP contribution in [0.3, 0.4) is 0 Å². The Morgan fingerprint density at radius 2 is 1.83 bits per heavy atom. The molecule has 1 aromatic rings. The van der Waals surface area contributed by atoms with Crippen LogP contribution in [0, 0.1) is 13.8 Å². The number of hydrogen-bond acceptors (Lipinski definition) is 1. The summed E-state index contributed by atoms with van der Waals surface area (Å²) in [6.07, 6.45) is 0. The number of Topliss-reactive ketones (excluding diaryl/α,β-unsaturated/α-hetero) is 1. The predicted molar refractivity (Wildman–Crippen MR) is 51.3 cm³/mol. The zero-order chi connectivity index (χ0) is 9.30. The minimum atomic E-state index is 0.0931. The van der Waals surface area contributed by atoms with Crippen LogP contribution in [0.5, 0.6) is 0 Å². The second-order valence-electron chi connectivity index (χ2n) is 3.01. The molecule has 12 heavy (non-hydrogen) atoms. The van der Waals surface area contributed by atoms with Crippen molar-refractivity contribution < 1.29 is 4.79 Å². The Bertz CT molecular complexity index is 329. The van der Waals surface area contributed by atoms with E-state index in [-0.39, 0.29) is 5.78 Å². The first-order valence-electron chi connectivity index (χ1n) is 3.90. The van der Waals surface area contributed by atoms with Crippen LogP contribution >= 0.6 is 0 Å². The van der Waals surface area contributed by atoms with Gasteiger partial charge < -0.3 is 0 Å². The van der Waals surface area contributed by atoms with E-state index in [1.807, 2.05) is 13.8 Å². The fraction of sp³-hybridized carbons (Fsp3) is 0.300. The van der Waals surface area contributed by atoms with Crippen LogP contribution < -0.4 is 5.46 Å². The van der Waals surface area contributed by atoms with Crippen LogP contribution in [0.25, 0.3) is 0 Å². The summed E-state index contributed by atoms with van der Waals surface area (Å²) in [6.45, 7) is 5.41. The van der Waals surface area contributed by atoms with Crippen molar-refractivity contribution >= 4 is 19.1 Å². The number of carbonyl (C=O) groups excluding carboxylic acids is 1. The first-order valence-corrected chi connectivity index (χ1v) is 3.90. The van der Waals surface area contributed by atoms with E-state index in [2.05, 4.69) is 0 Å². The number of carbonyl (C=O) groups is 1. The Morgan fingerprint density at radius 1 is 1.25 bits per heavy atom. The van der Waals surface area contributed by atoms with Crippen molar-refractivity contribution in [3.8, 4) is 0 Å². The van der Waals surface area contributed by atoms with Crippen LogP contribution in [0.15, 0.2) is 12.1 Å². The Hall–Kier alpha value is -1.05. The molecule has 1 rings (SSSR count). The van der Waals surface area contributed by atoms with Crippen molar-refractivity contribution in [2.75, 3.05) is 0 Å². The molecule has 0 aliphatic carbocycles. The molecule has 0 N–H and O–H groups in total. The summed E-state index contributed by atoms with van der Waals surface area (Å²) in [5.41, 5.74) is 3.50. The second kappa shape index (κ2) is 3.14. The third-order valence-corrected chi connectivity index (χ3v) is 2.21. The van der Waals surface area contributed by atoms with E-state index in [9.17, 15) is 4.79 Å². The molecule has 0 atom stereocenters. The monoisotopic (exact) mass is 158 g/mol. The zero-order valence-electron chi connectivity index (χ0n) is 7.64. The van der Waals surface area contributed by atoms with Gasteiger partial charge in [-0.05, 0) is 26.3 Å². The molecule has 0 aliphatic rings. The van der Waals surface area contributed by atoms with Crippen molar-refractivity contribution in [2.45, 2.75) is 20.8 Å². The van der Waals surface area contributed by atoms with Gasteiger partial charge in [-0.2, -0.15) is 0 Å². The van der Waals surface area contributed by atoms with E-state index in [0.717, 1.165) is 22.2 Å². The average Bonchev–Trinajstić information content (AvgIpc) is 2.00. The quantitative estimate of drug-likeness (QED) is 0.444. The van der Waals surface area contributed by atoms with E-state index in [1.165, 1.54) is 0 Å². The van der Waals surface area contributed by atoms with E-state index in [0.29, 0.717) is 0 Å². The van der Waals surface area contributed by atoms with Crippen LogP contribution in [-0.4, -0.2) is 13.6 Å². The molecule has 0 aliphatic heterocycles. The summed E-state index contributed by atoms with van der Waals surface area (Å²) in [6, 6.07) is 3.55. The predicted octanol–water partition coefficient (Wildman–Crippen LogP) is 1.30. The second-order valence-corrected chi connectivity index (χ2v) is 3.01. The lowest BCUT2D eigenvalue weighted by molar-refractivity contribution is 0.101. The van der Waals surface area contributed by atoms with E-state index in [1.54, 1.807) is 19.1 Å². The van der Waals surface area contributed by atoms with Crippen molar-refractivity contribution in [1.82, 2.24) is 0 Å². The first kappa shape index (κ1) is 9.05. The molecule has 0 unspecified atom stereocenters. The third-order valence-electron chi connectivity index (χ3n) is 2.21. The molecule has 0 aromatic heterocycles. The summed E-state index contributed by atoms with van der Waals surface area (Å²) in [4.78, 5) is 11.1. The first-order chi connectivity index (χ1) is 5.54. The van der Waals surface area contributed by atoms with Gasteiger partial charge in [0.05, 0.1) is 0 Å². The number of ketones is 1. The Morgan fingerprint density at radius 3 is 2.33 bits per heavy atom.